The lowest BCUT2D eigenvalue weighted by molar-refractivity contribution is -0.134. The summed E-state index contributed by atoms with van der Waals surface area (Å²) in [5.74, 6) is 0.635. The molecule has 0 radical (unpaired) electrons. The van der Waals surface area contributed by atoms with E-state index in [1.165, 1.54) is 29.5 Å². The van der Waals surface area contributed by atoms with Crippen LogP contribution in [0.3, 0.4) is 0 Å². The fourth-order valence-corrected chi connectivity index (χ4v) is 4.36. The molecular weight excluding hydrogens is 320 g/mol. The van der Waals surface area contributed by atoms with E-state index >= 15 is 0 Å². The van der Waals surface area contributed by atoms with Crippen molar-refractivity contribution >= 4 is 34.1 Å². The van der Waals surface area contributed by atoms with Crippen LogP contribution in [0.5, 0.6) is 0 Å². The van der Waals surface area contributed by atoms with Crippen molar-refractivity contribution in [2.24, 2.45) is 0 Å². The molecule has 6 nitrogen and oxygen atoms in total. The standard InChI is InChI=1S/C14H24N4O2S2/c1-10-5-4-6-11(2)18(10)12(19)9-21-14-17-16-13(22-14)15-7-8-20-3/h10-11H,4-9H2,1-3H3,(H,15,16). The monoisotopic (exact) mass is 344 g/mol. The number of carbonyl (C=O) groups is 1. The number of hydrogen-bond donors (Lipinski definition) is 1. The van der Waals surface area contributed by atoms with E-state index in [1.54, 1.807) is 7.11 Å². The van der Waals surface area contributed by atoms with E-state index in [2.05, 4.69) is 29.4 Å². The Balaban J connectivity index is 1.80. The van der Waals surface area contributed by atoms with Crippen LogP contribution in [-0.4, -0.2) is 59.1 Å². The van der Waals surface area contributed by atoms with Gasteiger partial charge in [-0.1, -0.05) is 23.1 Å². The number of likely N-dealkylation sites (tertiary alicyclic amines) is 1. The van der Waals surface area contributed by atoms with Crippen LogP contribution >= 0.6 is 23.1 Å². The summed E-state index contributed by atoms with van der Waals surface area (Å²) in [5.41, 5.74) is 0. The molecule has 0 bridgehead atoms. The Kier molecular flexibility index (Phi) is 6.91. The lowest BCUT2D eigenvalue weighted by Crippen LogP contribution is -2.48. The molecule has 2 rings (SSSR count). The highest BCUT2D eigenvalue weighted by molar-refractivity contribution is 8.01. The SMILES string of the molecule is COCCNc1nnc(SCC(=O)N2C(C)CCCC2C)s1. The Morgan fingerprint density at radius 1 is 1.41 bits per heavy atom. The highest BCUT2D eigenvalue weighted by Crippen LogP contribution is 2.28. The molecule has 1 saturated heterocycles. The van der Waals surface area contributed by atoms with Gasteiger partial charge < -0.3 is 15.0 Å². The molecule has 1 aromatic heterocycles. The minimum atomic E-state index is 0.203. The van der Waals surface area contributed by atoms with Crippen LogP contribution in [0, 0.1) is 0 Å². The number of nitrogens with one attached hydrogen (secondary N) is 1. The van der Waals surface area contributed by atoms with Crippen LogP contribution in [0.15, 0.2) is 4.34 Å². The molecular formula is C14H24N4O2S2. The highest BCUT2D eigenvalue weighted by Gasteiger charge is 2.28. The minimum Gasteiger partial charge on any atom is -0.383 e. The van der Waals surface area contributed by atoms with Crippen molar-refractivity contribution in [1.82, 2.24) is 15.1 Å². The summed E-state index contributed by atoms with van der Waals surface area (Å²) in [6.45, 7) is 5.62. The fraction of sp³-hybridized carbons (Fsp3) is 0.786. The van der Waals surface area contributed by atoms with Gasteiger partial charge in [0.1, 0.15) is 0 Å². The van der Waals surface area contributed by atoms with E-state index in [0.717, 1.165) is 22.3 Å². The Hall–Kier alpha value is -0.860. The van der Waals surface area contributed by atoms with Crippen molar-refractivity contribution in [3.8, 4) is 0 Å². The number of thioether (sulfide) groups is 1. The van der Waals surface area contributed by atoms with Crippen LogP contribution in [-0.2, 0) is 9.53 Å². The molecule has 1 aliphatic rings. The first-order valence-corrected chi connectivity index (χ1v) is 9.42. The second-order valence-corrected chi connectivity index (χ2v) is 7.71. The van der Waals surface area contributed by atoms with E-state index in [0.29, 0.717) is 31.0 Å². The zero-order valence-electron chi connectivity index (χ0n) is 13.4. The molecule has 124 valence electrons. The van der Waals surface area contributed by atoms with Crippen LogP contribution in [0.25, 0.3) is 0 Å². The predicted molar refractivity (Wildman–Crippen MR) is 90.6 cm³/mol. The number of aromatic nitrogens is 2. The van der Waals surface area contributed by atoms with Gasteiger partial charge in [0.2, 0.25) is 11.0 Å². The van der Waals surface area contributed by atoms with Crippen molar-refractivity contribution in [1.29, 1.82) is 0 Å². The zero-order chi connectivity index (χ0) is 15.9. The molecule has 0 aromatic carbocycles. The second kappa shape index (κ2) is 8.69. The topological polar surface area (TPSA) is 67.3 Å². The number of methoxy groups -OCH3 is 1. The Morgan fingerprint density at radius 3 is 2.82 bits per heavy atom. The van der Waals surface area contributed by atoms with Crippen molar-refractivity contribution < 1.29 is 9.53 Å². The van der Waals surface area contributed by atoms with Gasteiger partial charge in [0.15, 0.2) is 4.34 Å². The maximum absolute atomic E-state index is 12.4. The van der Waals surface area contributed by atoms with Crippen LogP contribution in [0.4, 0.5) is 5.13 Å². The number of hydrogen-bond acceptors (Lipinski definition) is 7. The van der Waals surface area contributed by atoms with Crippen molar-refractivity contribution in [2.45, 2.75) is 49.5 Å². The summed E-state index contributed by atoms with van der Waals surface area (Å²) in [4.78, 5) is 14.5. The summed E-state index contributed by atoms with van der Waals surface area (Å²) in [5, 5.41) is 12.1. The molecule has 2 atom stereocenters. The van der Waals surface area contributed by atoms with Gasteiger partial charge in [-0.25, -0.2) is 0 Å². The number of rotatable bonds is 7. The van der Waals surface area contributed by atoms with Gasteiger partial charge in [-0.3, -0.25) is 4.79 Å². The number of nitrogens with zero attached hydrogens (tertiary/aromatic N) is 3. The largest absolute Gasteiger partial charge is 0.383 e. The molecule has 22 heavy (non-hydrogen) atoms. The smallest absolute Gasteiger partial charge is 0.233 e. The third-order valence-corrected chi connectivity index (χ3v) is 5.79. The van der Waals surface area contributed by atoms with Crippen molar-refractivity contribution in [3.63, 3.8) is 0 Å². The highest BCUT2D eigenvalue weighted by atomic mass is 32.2. The molecule has 0 aliphatic carbocycles. The number of carbonyl (C=O) groups excluding carboxylic acids is 1. The van der Waals surface area contributed by atoms with Crippen LogP contribution in [0.1, 0.15) is 33.1 Å². The third-order valence-electron chi connectivity index (χ3n) is 3.79. The van der Waals surface area contributed by atoms with E-state index in [1.807, 2.05) is 4.90 Å². The molecule has 1 aliphatic heterocycles. The number of ether oxygens (including phenoxy) is 1. The Bertz CT molecular complexity index is 473. The summed E-state index contributed by atoms with van der Waals surface area (Å²) >= 11 is 2.95. The van der Waals surface area contributed by atoms with E-state index in [-0.39, 0.29) is 5.91 Å². The minimum absolute atomic E-state index is 0.203. The summed E-state index contributed by atoms with van der Waals surface area (Å²) in [6, 6.07) is 0.690. The average molecular weight is 345 g/mol. The van der Waals surface area contributed by atoms with Gasteiger partial charge in [0.05, 0.1) is 12.4 Å². The second-order valence-electron chi connectivity index (χ2n) is 5.51. The lowest BCUT2D eigenvalue weighted by Gasteiger charge is -2.39. The average Bonchev–Trinajstić information content (AvgIpc) is 2.93. The van der Waals surface area contributed by atoms with Gasteiger partial charge >= 0.3 is 0 Å². The molecule has 1 N–H and O–H groups in total. The summed E-state index contributed by atoms with van der Waals surface area (Å²) < 4.78 is 5.80. The summed E-state index contributed by atoms with van der Waals surface area (Å²) in [7, 11) is 1.66. The van der Waals surface area contributed by atoms with E-state index < -0.39 is 0 Å². The molecule has 1 fully saturated rings. The van der Waals surface area contributed by atoms with E-state index in [4.69, 9.17) is 4.74 Å². The quantitative estimate of drug-likeness (QED) is 0.605. The normalized spacial score (nSPS) is 21.9. The van der Waals surface area contributed by atoms with Gasteiger partial charge in [0.25, 0.3) is 0 Å². The molecule has 0 spiro atoms. The lowest BCUT2D eigenvalue weighted by atomic mass is 9.98. The van der Waals surface area contributed by atoms with Gasteiger partial charge in [-0.15, -0.1) is 10.2 Å². The first-order valence-electron chi connectivity index (χ1n) is 7.62. The van der Waals surface area contributed by atoms with E-state index in [9.17, 15) is 4.79 Å². The zero-order valence-corrected chi connectivity index (χ0v) is 15.0. The summed E-state index contributed by atoms with van der Waals surface area (Å²) in [6.07, 6.45) is 3.42. The molecule has 1 amide bonds. The molecule has 1 aromatic rings. The van der Waals surface area contributed by atoms with Crippen LogP contribution in [0.2, 0.25) is 0 Å². The first kappa shape index (κ1) is 17.5. The van der Waals surface area contributed by atoms with Gasteiger partial charge in [-0.05, 0) is 33.1 Å². The maximum atomic E-state index is 12.4. The van der Waals surface area contributed by atoms with Crippen molar-refractivity contribution in [3.05, 3.63) is 0 Å². The number of amides is 1. The number of anilines is 1. The van der Waals surface area contributed by atoms with Crippen molar-refractivity contribution in [2.75, 3.05) is 31.3 Å². The van der Waals surface area contributed by atoms with Gasteiger partial charge in [0, 0.05) is 25.7 Å². The van der Waals surface area contributed by atoms with Gasteiger partial charge in [-0.2, -0.15) is 0 Å². The molecule has 2 unspecified atom stereocenters. The third kappa shape index (κ3) is 4.82. The Morgan fingerprint density at radius 2 is 2.14 bits per heavy atom. The molecule has 2 heterocycles. The predicted octanol–water partition coefficient (Wildman–Crippen LogP) is 2.48. The first-order chi connectivity index (χ1) is 10.6. The fourth-order valence-electron chi connectivity index (χ4n) is 2.71. The Labute approximate surface area is 140 Å². The van der Waals surface area contributed by atoms with Crippen LogP contribution < -0.4 is 5.32 Å². The molecule has 0 saturated carbocycles. The number of piperidine rings is 1. The molecule has 8 heteroatoms. The maximum Gasteiger partial charge on any atom is 0.233 e.